The fourth-order valence-electron chi connectivity index (χ4n) is 5.38. The molecule has 1 atom stereocenters. The molecule has 0 saturated heterocycles. The maximum absolute atomic E-state index is 14.2. The number of nitrogens with zero attached hydrogens (tertiary/aromatic N) is 2. The third-order valence-corrected chi connectivity index (χ3v) is 10.1. The first kappa shape index (κ1) is 32.6. The van der Waals surface area contributed by atoms with Crippen LogP contribution in [0.2, 0.25) is 5.02 Å². The minimum absolute atomic E-state index is 0.0738. The summed E-state index contributed by atoms with van der Waals surface area (Å²) in [6.45, 7) is 7.33. The second-order valence-electron chi connectivity index (χ2n) is 11.7. The Kier molecular flexibility index (Phi) is 10.9. The van der Waals surface area contributed by atoms with E-state index in [9.17, 15) is 18.0 Å². The molecule has 1 N–H and O–H groups in total. The van der Waals surface area contributed by atoms with Gasteiger partial charge in [0.1, 0.15) is 12.6 Å². The van der Waals surface area contributed by atoms with E-state index >= 15 is 0 Å². The molecular weight excluding hydrogens is 582 g/mol. The highest BCUT2D eigenvalue weighted by molar-refractivity contribution is 7.92. The van der Waals surface area contributed by atoms with E-state index in [1.54, 1.807) is 61.5 Å². The third kappa shape index (κ3) is 8.39. The van der Waals surface area contributed by atoms with E-state index in [-0.39, 0.29) is 29.3 Å². The predicted molar refractivity (Wildman–Crippen MR) is 173 cm³/mol. The molecule has 9 heteroatoms. The first-order chi connectivity index (χ1) is 20.5. The van der Waals surface area contributed by atoms with Crippen molar-refractivity contribution in [3.05, 3.63) is 94.5 Å². The minimum Gasteiger partial charge on any atom is -0.352 e. The van der Waals surface area contributed by atoms with E-state index in [1.807, 2.05) is 25.1 Å². The maximum atomic E-state index is 14.2. The Morgan fingerprint density at radius 3 is 2.19 bits per heavy atom. The highest BCUT2D eigenvalue weighted by Gasteiger charge is 2.33. The molecule has 0 radical (unpaired) electrons. The number of sulfonamides is 1. The summed E-state index contributed by atoms with van der Waals surface area (Å²) in [6.07, 6.45) is 5.11. The Morgan fingerprint density at radius 2 is 1.58 bits per heavy atom. The van der Waals surface area contributed by atoms with Crippen molar-refractivity contribution in [1.29, 1.82) is 0 Å². The van der Waals surface area contributed by atoms with Gasteiger partial charge in [0.25, 0.3) is 10.0 Å². The second-order valence-corrected chi connectivity index (χ2v) is 14.0. The zero-order chi connectivity index (χ0) is 31.1. The number of carbonyl (C=O) groups excluding carboxylic acids is 2. The van der Waals surface area contributed by atoms with Gasteiger partial charge in [-0.15, -0.1) is 0 Å². The molecule has 0 aliphatic heterocycles. The van der Waals surface area contributed by atoms with Crippen LogP contribution in [-0.2, 0) is 26.2 Å². The van der Waals surface area contributed by atoms with Crippen LogP contribution in [0.4, 0.5) is 5.69 Å². The molecular formula is C34H42ClN3O4S. The van der Waals surface area contributed by atoms with Gasteiger partial charge < -0.3 is 10.2 Å². The fraction of sp³-hybridized carbons (Fsp3) is 0.412. The summed E-state index contributed by atoms with van der Waals surface area (Å²) in [5.74, 6) is -0.485. The topological polar surface area (TPSA) is 86.8 Å². The lowest BCUT2D eigenvalue weighted by molar-refractivity contribution is -0.139. The summed E-state index contributed by atoms with van der Waals surface area (Å²) in [7, 11) is -4.12. The van der Waals surface area contributed by atoms with Crippen LogP contribution in [-0.4, -0.2) is 43.8 Å². The Bertz CT molecular complexity index is 1500. The summed E-state index contributed by atoms with van der Waals surface area (Å²) in [6, 6.07) is 20.2. The van der Waals surface area contributed by atoms with Gasteiger partial charge in [0.15, 0.2) is 0 Å². The first-order valence-electron chi connectivity index (χ1n) is 15.0. The van der Waals surface area contributed by atoms with Gasteiger partial charge in [-0.25, -0.2) is 8.42 Å². The molecule has 1 unspecified atom stereocenters. The molecule has 1 fully saturated rings. The van der Waals surface area contributed by atoms with E-state index in [0.29, 0.717) is 10.7 Å². The number of halogens is 1. The molecule has 43 heavy (non-hydrogen) atoms. The van der Waals surface area contributed by atoms with Crippen molar-refractivity contribution in [3.8, 4) is 0 Å². The molecule has 1 aliphatic rings. The van der Waals surface area contributed by atoms with Gasteiger partial charge in [-0.3, -0.25) is 13.9 Å². The van der Waals surface area contributed by atoms with Crippen molar-refractivity contribution in [1.82, 2.24) is 10.2 Å². The number of hydrogen-bond donors (Lipinski definition) is 1. The Hall–Kier alpha value is -3.36. The zero-order valence-corrected chi connectivity index (χ0v) is 27.0. The van der Waals surface area contributed by atoms with Gasteiger partial charge in [-0.05, 0) is 80.1 Å². The van der Waals surface area contributed by atoms with E-state index in [0.717, 1.165) is 53.1 Å². The molecule has 3 aromatic carbocycles. The molecule has 0 aromatic heterocycles. The molecule has 0 heterocycles. The van der Waals surface area contributed by atoms with Gasteiger partial charge in [0, 0.05) is 17.6 Å². The quantitative estimate of drug-likeness (QED) is 0.254. The molecule has 0 spiro atoms. The summed E-state index contributed by atoms with van der Waals surface area (Å²) in [5, 5.41) is 3.64. The normalized spacial score (nSPS) is 14.7. The highest BCUT2D eigenvalue weighted by atomic mass is 35.5. The van der Waals surface area contributed by atoms with Crippen molar-refractivity contribution < 1.29 is 18.0 Å². The SMILES string of the molecule is Cc1ccc(S(=O)(=O)N(CC(=O)N(Cc2cccc(Cl)c2)C(C)C(=O)NC2CCCCC2)c2ccc(C(C)C)cc2)cc1. The van der Waals surface area contributed by atoms with Gasteiger partial charge in [0.2, 0.25) is 11.8 Å². The van der Waals surface area contributed by atoms with Crippen LogP contribution in [0.5, 0.6) is 0 Å². The smallest absolute Gasteiger partial charge is 0.264 e. The van der Waals surface area contributed by atoms with Crippen LogP contribution in [0.25, 0.3) is 0 Å². The zero-order valence-electron chi connectivity index (χ0n) is 25.4. The van der Waals surface area contributed by atoms with Crippen LogP contribution in [0.15, 0.2) is 77.7 Å². The third-order valence-electron chi connectivity index (χ3n) is 8.10. The second kappa shape index (κ2) is 14.4. The number of aryl methyl sites for hydroxylation is 1. The van der Waals surface area contributed by atoms with Crippen molar-refractivity contribution in [2.75, 3.05) is 10.8 Å². The largest absolute Gasteiger partial charge is 0.352 e. The van der Waals surface area contributed by atoms with Crippen LogP contribution < -0.4 is 9.62 Å². The van der Waals surface area contributed by atoms with Crippen LogP contribution in [0.3, 0.4) is 0 Å². The summed E-state index contributed by atoms with van der Waals surface area (Å²) in [4.78, 5) is 29.2. The van der Waals surface area contributed by atoms with E-state index in [2.05, 4.69) is 19.2 Å². The van der Waals surface area contributed by atoms with Gasteiger partial charge in [0.05, 0.1) is 10.6 Å². The van der Waals surface area contributed by atoms with Crippen LogP contribution in [0, 0.1) is 6.92 Å². The summed E-state index contributed by atoms with van der Waals surface area (Å²) >= 11 is 6.25. The average Bonchev–Trinajstić information content (AvgIpc) is 2.99. The van der Waals surface area contributed by atoms with E-state index in [4.69, 9.17) is 11.6 Å². The summed E-state index contributed by atoms with van der Waals surface area (Å²) in [5.41, 5.74) is 3.10. The first-order valence-corrected chi connectivity index (χ1v) is 16.8. The van der Waals surface area contributed by atoms with Crippen molar-refractivity contribution >= 4 is 39.1 Å². The number of anilines is 1. The van der Waals surface area contributed by atoms with Gasteiger partial charge in [-0.2, -0.15) is 0 Å². The van der Waals surface area contributed by atoms with Crippen LogP contribution in [0.1, 0.15) is 75.5 Å². The monoisotopic (exact) mass is 623 g/mol. The van der Waals surface area contributed by atoms with E-state index < -0.39 is 28.5 Å². The molecule has 1 aliphatic carbocycles. The lowest BCUT2D eigenvalue weighted by Crippen LogP contribution is -2.53. The molecule has 0 bridgehead atoms. The fourth-order valence-corrected chi connectivity index (χ4v) is 7.00. The predicted octanol–water partition coefficient (Wildman–Crippen LogP) is 6.83. The molecule has 2 amide bonds. The van der Waals surface area contributed by atoms with Crippen molar-refractivity contribution in [2.24, 2.45) is 0 Å². The summed E-state index contributed by atoms with van der Waals surface area (Å²) < 4.78 is 29.2. The number of nitrogens with one attached hydrogen (secondary N) is 1. The lowest BCUT2D eigenvalue weighted by atomic mass is 9.95. The molecule has 230 valence electrons. The minimum atomic E-state index is -4.12. The van der Waals surface area contributed by atoms with Crippen molar-refractivity contribution in [2.45, 2.75) is 89.2 Å². The lowest BCUT2D eigenvalue weighted by Gasteiger charge is -2.33. The number of amides is 2. The number of rotatable bonds is 11. The Morgan fingerprint density at radius 1 is 0.930 bits per heavy atom. The average molecular weight is 624 g/mol. The maximum Gasteiger partial charge on any atom is 0.264 e. The number of carbonyl (C=O) groups is 2. The Labute approximate surface area is 261 Å². The molecule has 3 aromatic rings. The van der Waals surface area contributed by atoms with Gasteiger partial charge >= 0.3 is 0 Å². The van der Waals surface area contributed by atoms with Gasteiger partial charge in [-0.1, -0.05) is 86.7 Å². The molecule has 4 rings (SSSR count). The van der Waals surface area contributed by atoms with Crippen molar-refractivity contribution in [3.63, 3.8) is 0 Å². The van der Waals surface area contributed by atoms with Crippen LogP contribution >= 0.6 is 11.6 Å². The number of benzene rings is 3. The standard InChI is InChI=1S/C34H42ClN3O4S/c1-24(2)28-15-17-31(18-16-28)38(43(41,42)32-19-13-25(3)14-20-32)23-33(39)37(22-27-9-8-10-29(35)21-27)26(4)34(40)36-30-11-6-5-7-12-30/h8-10,13-21,24,26,30H,5-7,11-12,22-23H2,1-4H3,(H,36,40). The molecule has 1 saturated carbocycles. The molecule has 7 nitrogen and oxygen atoms in total. The van der Waals surface area contributed by atoms with E-state index in [1.165, 1.54) is 4.90 Å². The Balaban J connectivity index is 1.69. The number of hydrogen-bond acceptors (Lipinski definition) is 4. The highest BCUT2D eigenvalue weighted by Crippen LogP contribution is 2.27.